The molecule has 1 N–H and O–H groups in total. The topological polar surface area (TPSA) is 71.4 Å². The van der Waals surface area contributed by atoms with E-state index in [-0.39, 0.29) is 12.2 Å². The van der Waals surface area contributed by atoms with E-state index in [4.69, 9.17) is 0 Å². The molecule has 20 heavy (non-hydrogen) atoms. The molecule has 0 heterocycles. The highest BCUT2D eigenvalue weighted by molar-refractivity contribution is 7.86. The van der Waals surface area contributed by atoms with Crippen LogP contribution in [0.25, 0.3) is 0 Å². The first-order valence-corrected chi connectivity index (χ1v) is 8.50. The molecular weight excluding hydrogens is 276 g/mol. The van der Waals surface area contributed by atoms with Crippen LogP contribution in [0.1, 0.15) is 55.8 Å². The SMILES string of the molecule is CCCCCCC(CC(=O)c1ccccc1)S(=O)(=O)O. The maximum atomic E-state index is 12.0. The normalized spacial score (nSPS) is 13.1. The summed E-state index contributed by atoms with van der Waals surface area (Å²) in [6, 6.07) is 8.57. The minimum Gasteiger partial charge on any atom is -0.294 e. The highest BCUT2D eigenvalue weighted by Crippen LogP contribution is 2.17. The van der Waals surface area contributed by atoms with Crippen molar-refractivity contribution in [1.82, 2.24) is 0 Å². The van der Waals surface area contributed by atoms with Crippen LogP contribution in [-0.2, 0) is 10.1 Å². The molecule has 0 fully saturated rings. The van der Waals surface area contributed by atoms with Gasteiger partial charge in [-0.15, -0.1) is 0 Å². The quantitative estimate of drug-likeness (QED) is 0.430. The average molecular weight is 298 g/mol. The van der Waals surface area contributed by atoms with Gasteiger partial charge in [-0.2, -0.15) is 8.42 Å². The molecule has 0 aliphatic rings. The van der Waals surface area contributed by atoms with Gasteiger partial charge in [-0.25, -0.2) is 0 Å². The fourth-order valence-corrected chi connectivity index (χ4v) is 2.93. The lowest BCUT2D eigenvalue weighted by Crippen LogP contribution is -2.24. The van der Waals surface area contributed by atoms with Crippen molar-refractivity contribution in [2.45, 2.75) is 50.7 Å². The summed E-state index contributed by atoms with van der Waals surface area (Å²) in [4.78, 5) is 12.0. The Bertz CT molecular complexity index is 508. The van der Waals surface area contributed by atoms with E-state index in [9.17, 15) is 17.8 Å². The summed E-state index contributed by atoms with van der Waals surface area (Å²) >= 11 is 0. The van der Waals surface area contributed by atoms with Gasteiger partial charge in [-0.1, -0.05) is 62.9 Å². The van der Waals surface area contributed by atoms with Crippen LogP contribution in [0.5, 0.6) is 0 Å². The summed E-state index contributed by atoms with van der Waals surface area (Å²) in [5.74, 6) is -0.247. The lowest BCUT2D eigenvalue weighted by molar-refractivity contribution is 0.0978. The average Bonchev–Trinajstić information content (AvgIpc) is 2.42. The molecule has 1 unspecified atom stereocenters. The number of rotatable bonds is 9. The number of ketones is 1. The Kier molecular flexibility index (Phi) is 6.88. The van der Waals surface area contributed by atoms with Gasteiger partial charge in [-0.05, 0) is 6.42 Å². The summed E-state index contributed by atoms with van der Waals surface area (Å²) < 4.78 is 32.0. The predicted molar refractivity (Wildman–Crippen MR) is 79.5 cm³/mol. The van der Waals surface area contributed by atoms with Crippen molar-refractivity contribution >= 4 is 15.9 Å². The molecule has 1 aromatic rings. The highest BCUT2D eigenvalue weighted by Gasteiger charge is 2.25. The van der Waals surface area contributed by atoms with Crippen molar-refractivity contribution in [2.75, 3.05) is 0 Å². The number of Topliss-reactive ketones (excluding diaryl/α,β-unsaturated/α-hetero) is 1. The number of benzene rings is 1. The van der Waals surface area contributed by atoms with E-state index < -0.39 is 15.4 Å². The molecule has 1 aromatic carbocycles. The second-order valence-corrected chi connectivity index (χ2v) is 6.68. The van der Waals surface area contributed by atoms with E-state index in [1.807, 2.05) is 0 Å². The van der Waals surface area contributed by atoms with Gasteiger partial charge < -0.3 is 0 Å². The first kappa shape index (κ1) is 16.9. The lowest BCUT2D eigenvalue weighted by atomic mass is 10.0. The highest BCUT2D eigenvalue weighted by atomic mass is 32.2. The van der Waals surface area contributed by atoms with Crippen molar-refractivity contribution in [3.8, 4) is 0 Å². The van der Waals surface area contributed by atoms with Crippen LogP contribution >= 0.6 is 0 Å². The summed E-state index contributed by atoms with van der Waals surface area (Å²) in [7, 11) is -4.18. The van der Waals surface area contributed by atoms with E-state index >= 15 is 0 Å². The van der Waals surface area contributed by atoms with Gasteiger partial charge in [0.15, 0.2) is 5.78 Å². The molecule has 0 bridgehead atoms. The summed E-state index contributed by atoms with van der Waals surface area (Å²) in [5, 5.41) is -0.993. The van der Waals surface area contributed by atoms with Gasteiger partial charge in [0.05, 0.1) is 5.25 Å². The van der Waals surface area contributed by atoms with E-state index in [1.54, 1.807) is 30.3 Å². The molecule has 0 aliphatic carbocycles. The Labute approximate surface area is 121 Å². The summed E-state index contributed by atoms with van der Waals surface area (Å²) in [5.41, 5.74) is 0.481. The lowest BCUT2D eigenvalue weighted by Gasteiger charge is -2.13. The molecule has 0 aliphatic heterocycles. The van der Waals surface area contributed by atoms with E-state index in [2.05, 4.69) is 6.92 Å². The van der Waals surface area contributed by atoms with Crippen LogP contribution < -0.4 is 0 Å². The van der Waals surface area contributed by atoms with Crippen molar-refractivity contribution in [2.24, 2.45) is 0 Å². The van der Waals surface area contributed by atoms with Gasteiger partial charge in [0.2, 0.25) is 0 Å². The first-order chi connectivity index (χ1) is 9.45. The molecule has 5 heteroatoms. The van der Waals surface area contributed by atoms with Crippen molar-refractivity contribution in [3.63, 3.8) is 0 Å². The molecule has 0 amide bonds. The van der Waals surface area contributed by atoms with Crippen LogP contribution in [0.15, 0.2) is 30.3 Å². The van der Waals surface area contributed by atoms with Gasteiger partial charge in [0.1, 0.15) is 0 Å². The number of hydrogen-bond acceptors (Lipinski definition) is 3. The number of carbonyl (C=O) groups excluding carboxylic acids is 1. The van der Waals surface area contributed by atoms with E-state index in [1.165, 1.54) is 0 Å². The van der Waals surface area contributed by atoms with E-state index in [0.717, 1.165) is 19.3 Å². The monoisotopic (exact) mass is 298 g/mol. The van der Waals surface area contributed by atoms with Crippen LogP contribution in [0.3, 0.4) is 0 Å². The molecule has 1 rings (SSSR count). The Hall–Kier alpha value is -1.20. The molecule has 0 radical (unpaired) electrons. The van der Waals surface area contributed by atoms with Crippen molar-refractivity contribution in [1.29, 1.82) is 0 Å². The van der Waals surface area contributed by atoms with Crippen molar-refractivity contribution < 1.29 is 17.8 Å². The second kappa shape index (κ2) is 8.17. The summed E-state index contributed by atoms with van der Waals surface area (Å²) in [6.07, 6.45) is 3.89. The zero-order chi connectivity index (χ0) is 15.0. The number of carbonyl (C=O) groups is 1. The third-order valence-corrected chi connectivity index (χ3v) is 4.55. The zero-order valence-electron chi connectivity index (χ0n) is 11.8. The fourth-order valence-electron chi connectivity index (χ4n) is 2.10. The molecule has 4 nitrogen and oxygen atoms in total. The van der Waals surface area contributed by atoms with Gasteiger partial charge in [0.25, 0.3) is 10.1 Å². The molecule has 112 valence electrons. The summed E-state index contributed by atoms with van der Waals surface area (Å²) in [6.45, 7) is 2.07. The Balaban J connectivity index is 2.64. The molecular formula is C15H22O4S. The smallest absolute Gasteiger partial charge is 0.268 e. The largest absolute Gasteiger partial charge is 0.294 e. The number of unbranched alkanes of at least 4 members (excludes halogenated alkanes) is 3. The number of hydrogen-bond donors (Lipinski definition) is 1. The third kappa shape index (κ3) is 5.84. The standard InChI is InChI=1S/C15H22O4S/c1-2-3-4-8-11-14(20(17,18)19)12-15(16)13-9-6-5-7-10-13/h5-7,9-10,14H,2-4,8,11-12H2,1H3,(H,17,18,19). The Morgan fingerprint density at radius 2 is 1.80 bits per heavy atom. The van der Waals surface area contributed by atoms with Gasteiger partial charge in [-0.3, -0.25) is 9.35 Å². The first-order valence-electron chi connectivity index (χ1n) is 6.99. The Morgan fingerprint density at radius 1 is 1.15 bits per heavy atom. The van der Waals surface area contributed by atoms with Gasteiger partial charge >= 0.3 is 0 Å². The second-order valence-electron chi connectivity index (χ2n) is 4.98. The minimum absolute atomic E-state index is 0.158. The zero-order valence-corrected chi connectivity index (χ0v) is 12.6. The molecule has 0 saturated carbocycles. The van der Waals surface area contributed by atoms with Crippen LogP contribution in [0.4, 0.5) is 0 Å². The maximum Gasteiger partial charge on any atom is 0.268 e. The molecule has 0 aromatic heterocycles. The molecule has 0 saturated heterocycles. The molecule has 1 atom stereocenters. The van der Waals surface area contributed by atoms with Crippen LogP contribution in [0.2, 0.25) is 0 Å². The molecule has 0 spiro atoms. The minimum atomic E-state index is -4.18. The van der Waals surface area contributed by atoms with E-state index in [0.29, 0.717) is 18.4 Å². The predicted octanol–water partition coefficient (Wildman–Crippen LogP) is 3.49. The Morgan fingerprint density at radius 3 is 2.35 bits per heavy atom. The van der Waals surface area contributed by atoms with Crippen molar-refractivity contribution in [3.05, 3.63) is 35.9 Å². The third-order valence-electron chi connectivity index (χ3n) is 3.31. The maximum absolute atomic E-state index is 12.0. The van der Waals surface area contributed by atoms with Crippen LogP contribution in [0, 0.1) is 0 Å². The fraction of sp³-hybridized carbons (Fsp3) is 0.533. The van der Waals surface area contributed by atoms with Gasteiger partial charge in [0, 0.05) is 12.0 Å². The van der Waals surface area contributed by atoms with Crippen LogP contribution in [-0.4, -0.2) is 24.0 Å².